The number of nitrogens with zero attached hydrogens (tertiary/aromatic N) is 2. The van der Waals surface area contributed by atoms with Gasteiger partial charge in [0, 0.05) is 11.1 Å². The maximum Gasteiger partial charge on any atom is 0.235 e. The average Bonchev–Trinajstić information content (AvgIpc) is 2.88. The van der Waals surface area contributed by atoms with Gasteiger partial charge in [0.25, 0.3) is 0 Å². The van der Waals surface area contributed by atoms with Crippen molar-refractivity contribution in [1.29, 1.82) is 0 Å². The average molecular weight is 400 g/mol. The second kappa shape index (κ2) is 7.29. The molecule has 0 radical (unpaired) electrons. The Kier molecular flexibility index (Phi) is 4.85. The number of para-hydroxylation sites is 2. The molecule has 0 aliphatic carbocycles. The van der Waals surface area contributed by atoms with Crippen molar-refractivity contribution < 1.29 is 9.53 Å². The number of ether oxygens (including phenoxy) is 1. The lowest BCUT2D eigenvalue weighted by Gasteiger charge is -2.18. The molecule has 27 heavy (non-hydrogen) atoms. The molecule has 0 saturated carbocycles. The van der Waals surface area contributed by atoms with E-state index >= 15 is 0 Å². The molecule has 2 heterocycles. The van der Waals surface area contributed by atoms with E-state index in [1.54, 1.807) is 23.6 Å². The summed E-state index contributed by atoms with van der Waals surface area (Å²) < 4.78 is 7.29. The van der Waals surface area contributed by atoms with Crippen molar-refractivity contribution in [3.8, 4) is 11.4 Å². The van der Waals surface area contributed by atoms with Crippen molar-refractivity contribution in [2.75, 3.05) is 18.2 Å². The molecule has 1 amide bonds. The maximum absolute atomic E-state index is 12.4. The minimum atomic E-state index is -0.0775. The summed E-state index contributed by atoms with van der Waals surface area (Å²) in [6.45, 7) is 1.95. The number of aromatic nitrogens is 2. The second-order valence-corrected chi connectivity index (χ2v) is 7.69. The first-order chi connectivity index (χ1) is 13.1. The highest BCUT2D eigenvalue weighted by Crippen LogP contribution is 2.46. The molecule has 1 N–H and O–H groups in total. The minimum absolute atomic E-state index is 0.0631. The lowest BCUT2D eigenvalue weighted by molar-refractivity contribution is -0.113. The number of halogens is 1. The van der Waals surface area contributed by atoms with Crippen LogP contribution in [-0.4, -0.2) is 28.6 Å². The number of thioether (sulfide) groups is 1. The first-order valence-electron chi connectivity index (χ1n) is 8.49. The molecule has 7 heteroatoms. The summed E-state index contributed by atoms with van der Waals surface area (Å²) in [6, 6.07) is 15.3. The number of rotatable bonds is 3. The van der Waals surface area contributed by atoms with Crippen molar-refractivity contribution in [2.45, 2.75) is 12.2 Å². The first kappa shape index (κ1) is 17.9. The van der Waals surface area contributed by atoms with Crippen LogP contribution in [0.3, 0.4) is 0 Å². The molecule has 0 saturated heterocycles. The summed E-state index contributed by atoms with van der Waals surface area (Å²) >= 11 is 7.96. The van der Waals surface area contributed by atoms with Crippen LogP contribution < -0.4 is 10.1 Å². The van der Waals surface area contributed by atoms with Crippen molar-refractivity contribution >= 4 is 35.1 Å². The van der Waals surface area contributed by atoms with Gasteiger partial charge >= 0.3 is 0 Å². The lowest BCUT2D eigenvalue weighted by Crippen LogP contribution is -2.16. The van der Waals surface area contributed by atoms with E-state index in [0.29, 0.717) is 16.6 Å². The molecule has 1 atom stereocenters. The zero-order chi connectivity index (χ0) is 19.0. The van der Waals surface area contributed by atoms with Gasteiger partial charge in [-0.1, -0.05) is 41.9 Å². The number of anilines is 1. The Balaban J connectivity index is 1.94. The van der Waals surface area contributed by atoms with E-state index in [4.69, 9.17) is 21.4 Å². The van der Waals surface area contributed by atoms with Crippen molar-refractivity contribution in [3.05, 3.63) is 70.4 Å². The van der Waals surface area contributed by atoms with Gasteiger partial charge < -0.3 is 10.1 Å². The number of carbonyl (C=O) groups excluding carboxylic acids is 1. The number of hydrogen-bond donors (Lipinski definition) is 1. The Hall–Kier alpha value is -2.44. The number of benzene rings is 2. The molecule has 5 nitrogen and oxygen atoms in total. The van der Waals surface area contributed by atoms with E-state index < -0.39 is 0 Å². The normalized spacial score (nSPS) is 16.4. The van der Waals surface area contributed by atoms with E-state index in [1.165, 1.54) is 0 Å². The first-order valence-corrected chi connectivity index (χ1v) is 9.91. The minimum Gasteiger partial charge on any atom is -0.496 e. The summed E-state index contributed by atoms with van der Waals surface area (Å²) in [5, 5.41) is 8.20. The Bertz CT molecular complexity index is 1020. The van der Waals surface area contributed by atoms with Crippen LogP contribution in [0.2, 0.25) is 5.02 Å². The van der Waals surface area contributed by atoms with Crippen LogP contribution in [0.25, 0.3) is 5.69 Å². The van der Waals surface area contributed by atoms with Crippen LogP contribution in [0.5, 0.6) is 5.75 Å². The van der Waals surface area contributed by atoms with Gasteiger partial charge in [-0.25, -0.2) is 4.68 Å². The monoisotopic (exact) mass is 399 g/mol. The fourth-order valence-electron chi connectivity index (χ4n) is 3.31. The molecule has 138 valence electrons. The highest BCUT2D eigenvalue weighted by Gasteiger charge is 2.32. The number of methoxy groups -OCH3 is 1. The second-order valence-electron chi connectivity index (χ2n) is 6.19. The molecule has 0 spiro atoms. The molecule has 1 unspecified atom stereocenters. The van der Waals surface area contributed by atoms with E-state index in [2.05, 4.69) is 5.32 Å². The molecular weight excluding hydrogens is 382 g/mol. The third-order valence-corrected chi connectivity index (χ3v) is 6.08. The molecule has 1 aromatic heterocycles. The van der Waals surface area contributed by atoms with E-state index in [9.17, 15) is 4.79 Å². The van der Waals surface area contributed by atoms with Gasteiger partial charge in [-0.2, -0.15) is 5.10 Å². The maximum atomic E-state index is 12.4. The standard InChI is InChI=1S/C20H18ClN3O2S/c1-12-18-19(13-7-3-6-10-16(13)26-2)27-11-17(25)22-20(18)24(23-12)15-9-5-4-8-14(15)21/h3-10,19H,11H2,1-2H3,(H,22,25). The SMILES string of the molecule is COc1ccccc1C1SCC(=O)Nc2c1c(C)nn2-c1ccccc1Cl. The van der Waals surface area contributed by atoms with Gasteiger partial charge in [-0.15, -0.1) is 11.8 Å². The Morgan fingerprint density at radius 3 is 2.74 bits per heavy atom. The number of aryl methyl sites for hydroxylation is 1. The molecular formula is C20H18ClN3O2S. The summed E-state index contributed by atoms with van der Waals surface area (Å²) in [5.74, 6) is 1.73. The van der Waals surface area contributed by atoms with Crippen molar-refractivity contribution in [3.63, 3.8) is 0 Å². The molecule has 2 aromatic carbocycles. The lowest BCUT2D eigenvalue weighted by atomic mass is 10.0. The number of amides is 1. The van der Waals surface area contributed by atoms with Crippen LogP contribution in [0.4, 0.5) is 5.82 Å². The van der Waals surface area contributed by atoms with E-state index in [1.807, 2.05) is 55.5 Å². The molecule has 0 fully saturated rings. The van der Waals surface area contributed by atoms with Crippen LogP contribution in [0.1, 0.15) is 22.1 Å². The highest BCUT2D eigenvalue weighted by atomic mass is 35.5. The number of nitrogens with one attached hydrogen (secondary N) is 1. The number of carbonyl (C=O) groups is 1. The molecule has 3 aromatic rings. The molecule has 1 aliphatic rings. The topological polar surface area (TPSA) is 56.1 Å². The van der Waals surface area contributed by atoms with Gasteiger partial charge in [0.1, 0.15) is 11.6 Å². The highest BCUT2D eigenvalue weighted by molar-refractivity contribution is 8.00. The Morgan fingerprint density at radius 1 is 1.22 bits per heavy atom. The van der Waals surface area contributed by atoms with Gasteiger partial charge in [0.15, 0.2) is 0 Å². The fraction of sp³-hybridized carbons (Fsp3) is 0.200. The summed E-state index contributed by atoms with van der Waals surface area (Å²) in [6.07, 6.45) is 0. The van der Waals surface area contributed by atoms with Gasteiger partial charge in [0.2, 0.25) is 5.91 Å². The predicted molar refractivity (Wildman–Crippen MR) is 109 cm³/mol. The Labute approximate surface area is 166 Å². The molecule has 0 bridgehead atoms. The number of fused-ring (bicyclic) bond motifs is 1. The largest absolute Gasteiger partial charge is 0.496 e. The van der Waals surface area contributed by atoms with Crippen LogP contribution in [0, 0.1) is 6.92 Å². The van der Waals surface area contributed by atoms with Gasteiger partial charge in [0.05, 0.1) is 34.5 Å². The Morgan fingerprint density at radius 2 is 1.96 bits per heavy atom. The molecule has 1 aliphatic heterocycles. The zero-order valence-electron chi connectivity index (χ0n) is 14.9. The van der Waals surface area contributed by atoms with E-state index in [0.717, 1.165) is 28.3 Å². The summed E-state index contributed by atoms with van der Waals surface area (Å²) in [5.41, 5.74) is 3.56. The summed E-state index contributed by atoms with van der Waals surface area (Å²) in [4.78, 5) is 12.4. The number of hydrogen-bond acceptors (Lipinski definition) is 4. The third kappa shape index (κ3) is 3.19. The van der Waals surface area contributed by atoms with Crippen LogP contribution >= 0.6 is 23.4 Å². The molecule has 4 rings (SSSR count). The zero-order valence-corrected chi connectivity index (χ0v) is 16.5. The summed E-state index contributed by atoms with van der Waals surface area (Å²) in [7, 11) is 1.66. The predicted octanol–water partition coefficient (Wildman–Crippen LogP) is 4.62. The quantitative estimate of drug-likeness (QED) is 0.698. The fourth-order valence-corrected chi connectivity index (χ4v) is 4.74. The van der Waals surface area contributed by atoms with Gasteiger partial charge in [-0.3, -0.25) is 4.79 Å². The van der Waals surface area contributed by atoms with Crippen molar-refractivity contribution in [2.24, 2.45) is 0 Å². The van der Waals surface area contributed by atoms with Gasteiger partial charge in [-0.05, 0) is 25.1 Å². The third-order valence-electron chi connectivity index (χ3n) is 4.51. The smallest absolute Gasteiger partial charge is 0.235 e. The van der Waals surface area contributed by atoms with Crippen LogP contribution in [-0.2, 0) is 4.79 Å². The van der Waals surface area contributed by atoms with Crippen LogP contribution in [0.15, 0.2) is 48.5 Å². The van der Waals surface area contributed by atoms with E-state index in [-0.39, 0.29) is 11.2 Å². The van der Waals surface area contributed by atoms with Crippen molar-refractivity contribution in [1.82, 2.24) is 9.78 Å².